The summed E-state index contributed by atoms with van der Waals surface area (Å²) in [7, 11) is 0. The first-order valence-corrected chi connectivity index (χ1v) is 8.77. The van der Waals surface area contributed by atoms with Gasteiger partial charge in [-0.2, -0.15) is 23.5 Å². The maximum absolute atomic E-state index is 9.90. The van der Waals surface area contributed by atoms with Crippen LogP contribution < -0.4 is 5.32 Å². The molecule has 1 saturated heterocycles. The van der Waals surface area contributed by atoms with Crippen LogP contribution in [-0.2, 0) is 0 Å². The molecule has 0 amide bonds. The number of thioether (sulfide) groups is 2. The van der Waals surface area contributed by atoms with E-state index in [1.165, 1.54) is 17.3 Å². The van der Waals surface area contributed by atoms with Crippen LogP contribution in [0.25, 0.3) is 0 Å². The van der Waals surface area contributed by atoms with Crippen molar-refractivity contribution >= 4 is 23.5 Å². The Balaban J connectivity index is 2.04. The lowest BCUT2D eigenvalue weighted by atomic mass is 10.3. The van der Waals surface area contributed by atoms with Gasteiger partial charge in [0.25, 0.3) is 0 Å². The molecule has 0 bridgehead atoms. The average Bonchev–Trinajstić information content (AvgIpc) is 2.37. The number of likely N-dealkylation sites (N-methyl/N-ethyl adjacent to an activating group) is 1. The summed E-state index contributed by atoms with van der Waals surface area (Å²) in [6, 6.07) is 0. The molecule has 0 aromatic heterocycles. The average molecular weight is 278 g/mol. The quantitative estimate of drug-likeness (QED) is 0.696. The standard InChI is InChI=1S/C12H26N2OS2/c1-3-14(4-2)9-11(15)7-13-8-12-10-16-5-6-17-12/h11-13,15H,3-10H2,1-2H3. The molecule has 0 radical (unpaired) electrons. The van der Waals surface area contributed by atoms with E-state index in [9.17, 15) is 5.11 Å². The molecule has 1 heterocycles. The zero-order valence-corrected chi connectivity index (χ0v) is 12.7. The summed E-state index contributed by atoms with van der Waals surface area (Å²) in [5, 5.41) is 14.0. The van der Waals surface area contributed by atoms with E-state index in [0.717, 1.165) is 38.0 Å². The van der Waals surface area contributed by atoms with Crippen LogP contribution in [0, 0.1) is 0 Å². The molecule has 2 atom stereocenters. The molecule has 1 aliphatic heterocycles. The van der Waals surface area contributed by atoms with Crippen LogP contribution in [0.2, 0.25) is 0 Å². The van der Waals surface area contributed by atoms with Crippen molar-refractivity contribution < 1.29 is 5.11 Å². The van der Waals surface area contributed by atoms with E-state index in [4.69, 9.17) is 0 Å². The Morgan fingerprint density at radius 3 is 2.71 bits per heavy atom. The van der Waals surface area contributed by atoms with Crippen molar-refractivity contribution in [3.63, 3.8) is 0 Å². The highest BCUT2D eigenvalue weighted by Gasteiger charge is 2.14. The van der Waals surface area contributed by atoms with Crippen molar-refractivity contribution in [2.75, 3.05) is 50.0 Å². The Bertz CT molecular complexity index is 185. The van der Waals surface area contributed by atoms with Crippen LogP contribution in [-0.4, -0.2) is 71.3 Å². The summed E-state index contributed by atoms with van der Waals surface area (Å²) in [5.41, 5.74) is 0. The summed E-state index contributed by atoms with van der Waals surface area (Å²) in [4.78, 5) is 2.26. The van der Waals surface area contributed by atoms with Crippen molar-refractivity contribution in [3.8, 4) is 0 Å². The number of hydrogen-bond acceptors (Lipinski definition) is 5. The molecule has 1 aliphatic rings. The highest BCUT2D eigenvalue weighted by molar-refractivity contribution is 8.06. The number of nitrogens with zero attached hydrogens (tertiary/aromatic N) is 1. The highest BCUT2D eigenvalue weighted by Crippen LogP contribution is 2.23. The lowest BCUT2D eigenvalue weighted by Gasteiger charge is -2.24. The Morgan fingerprint density at radius 1 is 1.35 bits per heavy atom. The minimum absolute atomic E-state index is 0.240. The molecular weight excluding hydrogens is 252 g/mol. The number of nitrogens with one attached hydrogen (secondary N) is 1. The van der Waals surface area contributed by atoms with Crippen LogP contribution in [0.3, 0.4) is 0 Å². The topological polar surface area (TPSA) is 35.5 Å². The third-order valence-corrected chi connectivity index (χ3v) is 5.85. The minimum Gasteiger partial charge on any atom is -0.390 e. The first kappa shape index (κ1) is 15.6. The van der Waals surface area contributed by atoms with E-state index in [2.05, 4.69) is 35.8 Å². The molecule has 0 aromatic rings. The van der Waals surface area contributed by atoms with E-state index >= 15 is 0 Å². The lowest BCUT2D eigenvalue weighted by Crippen LogP contribution is -2.40. The summed E-state index contributed by atoms with van der Waals surface area (Å²) in [6.07, 6.45) is -0.240. The molecule has 5 heteroatoms. The van der Waals surface area contributed by atoms with Crippen LogP contribution >= 0.6 is 23.5 Å². The largest absolute Gasteiger partial charge is 0.390 e. The van der Waals surface area contributed by atoms with Gasteiger partial charge in [-0.3, -0.25) is 0 Å². The van der Waals surface area contributed by atoms with Gasteiger partial charge in [0, 0.05) is 42.1 Å². The first-order chi connectivity index (χ1) is 8.26. The van der Waals surface area contributed by atoms with E-state index in [1.54, 1.807) is 0 Å². The third kappa shape index (κ3) is 6.91. The van der Waals surface area contributed by atoms with Gasteiger partial charge in [0.1, 0.15) is 0 Å². The van der Waals surface area contributed by atoms with Gasteiger partial charge in [0.2, 0.25) is 0 Å². The van der Waals surface area contributed by atoms with Gasteiger partial charge in [-0.05, 0) is 13.1 Å². The van der Waals surface area contributed by atoms with Crippen molar-refractivity contribution in [1.82, 2.24) is 10.2 Å². The minimum atomic E-state index is -0.240. The summed E-state index contributed by atoms with van der Waals surface area (Å²) >= 11 is 4.11. The highest BCUT2D eigenvalue weighted by atomic mass is 32.2. The summed E-state index contributed by atoms with van der Waals surface area (Å²) in [5.74, 6) is 3.83. The Morgan fingerprint density at radius 2 is 2.12 bits per heavy atom. The normalized spacial score (nSPS) is 22.9. The van der Waals surface area contributed by atoms with E-state index in [0.29, 0.717) is 0 Å². The number of aliphatic hydroxyl groups is 1. The molecule has 2 N–H and O–H groups in total. The Hall–Kier alpha value is 0.580. The van der Waals surface area contributed by atoms with Crippen molar-refractivity contribution in [2.24, 2.45) is 0 Å². The van der Waals surface area contributed by atoms with Crippen molar-refractivity contribution in [2.45, 2.75) is 25.2 Å². The van der Waals surface area contributed by atoms with E-state index in [1.807, 2.05) is 11.8 Å². The van der Waals surface area contributed by atoms with E-state index < -0.39 is 0 Å². The molecule has 0 aliphatic carbocycles. The smallest absolute Gasteiger partial charge is 0.0791 e. The van der Waals surface area contributed by atoms with Gasteiger partial charge in [-0.1, -0.05) is 13.8 Å². The fraction of sp³-hybridized carbons (Fsp3) is 1.00. The third-order valence-electron chi connectivity index (χ3n) is 3.00. The molecule has 102 valence electrons. The summed E-state index contributed by atoms with van der Waals surface area (Å²) in [6.45, 7) is 8.85. The lowest BCUT2D eigenvalue weighted by molar-refractivity contribution is 0.117. The second-order valence-electron chi connectivity index (χ2n) is 4.37. The molecular formula is C12H26N2OS2. The van der Waals surface area contributed by atoms with Crippen LogP contribution in [0.1, 0.15) is 13.8 Å². The van der Waals surface area contributed by atoms with Gasteiger partial charge in [-0.15, -0.1) is 0 Å². The Kier molecular flexibility index (Phi) is 8.74. The van der Waals surface area contributed by atoms with Crippen LogP contribution in [0.15, 0.2) is 0 Å². The SMILES string of the molecule is CCN(CC)CC(O)CNCC1CSCCS1. The maximum atomic E-state index is 9.90. The molecule has 1 rings (SSSR count). The molecule has 3 nitrogen and oxygen atoms in total. The molecule has 0 saturated carbocycles. The van der Waals surface area contributed by atoms with Gasteiger partial charge in [0.15, 0.2) is 0 Å². The predicted molar refractivity (Wildman–Crippen MR) is 80.2 cm³/mol. The number of rotatable bonds is 8. The van der Waals surface area contributed by atoms with Gasteiger partial charge >= 0.3 is 0 Å². The van der Waals surface area contributed by atoms with Crippen LogP contribution in [0.4, 0.5) is 0 Å². The monoisotopic (exact) mass is 278 g/mol. The second kappa shape index (κ2) is 9.50. The maximum Gasteiger partial charge on any atom is 0.0791 e. The zero-order chi connectivity index (χ0) is 12.5. The second-order valence-corrected chi connectivity index (χ2v) is 6.92. The molecule has 2 unspecified atom stereocenters. The van der Waals surface area contributed by atoms with Gasteiger partial charge in [-0.25, -0.2) is 0 Å². The zero-order valence-electron chi connectivity index (χ0n) is 11.0. The summed E-state index contributed by atoms with van der Waals surface area (Å²) < 4.78 is 0. The van der Waals surface area contributed by atoms with Crippen LogP contribution in [0.5, 0.6) is 0 Å². The predicted octanol–water partition coefficient (Wildman–Crippen LogP) is 1.13. The van der Waals surface area contributed by atoms with Gasteiger partial charge < -0.3 is 15.3 Å². The van der Waals surface area contributed by atoms with E-state index in [-0.39, 0.29) is 6.10 Å². The fourth-order valence-electron chi connectivity index (χ4n) is 1.91. The molecule has 0 spiro atoms. The fourth-order valence-corrected chi connectivity index (χ4v) is 4.56. The molecule has 0 aromatic carbocycles. The number of aliphatic hydroxyl groups excluding tert-OH is 1. The van der Waals surface area contributed by atoms with Gasteiger partial charge in [0.05, 0.1) is 6.10 Å². The first-order valence-electron chi connectivity index (χ1n) is 6.56. The van der Waals surface area contributed by atoms with Crippen molar-refractivity contribution in [3.05, 3.63) is 0 Å². The van der Waals surface area contributed by atoms with Crippen molar-refractivity contribution in [1.29, 1.82) is 0 Å². The molecule has 1 fully saturated rings. The number of hydrogen-bond donors (Lipinski definition) is 2. The molecule has 17 heavy (non-hydrogen) atoms. The Labute approximate surface area is 114 Å².